The van der Waals surface area contributed by atoms with Gasteiger partial charge < -0.3 is 4.90 Å². The zero-order valence-electron chi connectivity index (χ0n) is 15.2. The van der Waals surface area contributed by atoms with Gasteiger partial charge in [0.15, 0.2) is 0 Å². The topological polar surface area (TPSA) is 3.24 Å². The van der Waals surface area contributed by atoms with Crippen LogP contribution in [0.15, 0.2) is 60.7 Å². The van der Waals surface area contributed by atoms with Crippen molar-refractivity contribution in [3.63, 3.8) is 0 Å². The van der Waals surface area contributed by atoms with Gasteiger partial charge in [0.25, 0.3) is 0 Å². The van der Waals surface area contributed by atoms with Gasteiger partial charge in [0.05, 0.1) is 5.69 Å². The van der Waals surface area contributed by atoms with Crippen molar-refractivity contribution in [1.29, 1.82) is 0 Å². The number of anilines is 1. The highest BCUT2D eigenvalue weighted by Gasteiger charge is 2.22. The monoisotopic (exact) mass is 329 g/mol. The molecule has 0 bridgehead atoms. The van der Waals surface area contributed by atoms with Crippen molar-refractivity contribution in [3.8, 4) is 11.1 Å². The fourth-order valence-corrected chi connectivity index (χ4v) is 4.15. The highest BCUT2D eigenvalue weighted by molar-refractivity contribution is 6.03. The average Bonchev–Trinajstić information content (AvgIpc) is 3.20. The second-order valence-corrected chi connectivity index (χ2v) is 7.14. The molecule has 1 aliphatic rings. The van der Waals surface area contributed by atoms with E-state index in [1.165, 1.54) is 71.9 Å². The van der Waals surface area contributed by atoms with E-state index in [1.54, 1.807) is 0 Å². The van der Waals surface area contributed by atoms with E-state index in [-0.39, 0.29) is 0 Å². The normalized spacial score (nSPS) is 14.4. The van der Waals surface area contributed by atoms with E-state index in [9.17, 15) is 0 Å². The first-order valence-corrected chi connectivity index (χ1v) is 9.73. The maximum absolute atomic E-state index is 2.63. The van der Waals surface area contributed by atoms with E-state index in [4.69, 9.17) is 0 Å². The number of hydrogen-bond acceptors (Lipinski definition) is 1. The Bertz CT molecular complexity index is 845. The van der Waals surface area contributed by atoms with Crippen LogP contribution in [0.1, 0.15) is 38.2 Å². The first kappa shape index (κ1) is 16.2. The van der Waals surface area contributed by atoms with Gasteiger partial charge in [-0.1, -0.05) is 74.0 Å². The minimum atomic E-state index is 1.16. The van der Waals surface area contributed by atoms with Crippen LogP contribution in [0.4, 0.5) is 5.69 Å². The fraction of sp³-hybridized carbons (Fsp3) is 0.333. The van der Waals surface area contributed by atoms with Crippen LogP contribution in [0.2, 0.25) is 0 Å². The third kappa shape index (κ3) is 3.16. The lowest BCUT2D eigenvalue weighted by atomic mass is 9.90. The molecule has 0 atom stereocenters. The molecule has 1 heterocycles. The quantitative estimate of drug-likeness (QED) is 0.520. The highest BCUT2D eigenvalue weighted by atomic mass is 15.1. The number of nitrogens with zero attached hydrogens (tertiary/aromatic N) is 1. The van der Waals surface area contributed by atoms with Crippen molar-refractivity contribution >= 4 is 16.5 Å². The summed E-state index contributed by atoms with van der Waals surface area (Å²) in [6, 6.07) is 22.4. The van der Waals surface area contributed by atoms with E-state index in [2.05, 4.69) is 72.5 Å². The SMILES string of the molecule is CCCCc1cc2ccccc2c(N2CCCC2)c1-c1ccccc1. The van der Waals surface area contributed by atoms with Crippen LogP contribution >= 0.6 is 0 Å². The van der Waals surface area contributed by atoms with Crippen LogP contribution in [0.3, 0.4) is 0 Å². The molecule has 0 unspecified atom stereocenters. The first-order chi connectivity index (χ1) is 12.4. The van der Waals surface area contributed by atoms with E-state index < -0.39 is 0 Å². The molecule has 0 amide bonds. The maximum atomic E-state index is 2.63. The summed E-state index contributed by atoms with van der Waals surface area (Å²) in [4.78, 5) is 2.63. The van der Waals surface area contributed by atoms with Gasteiger partial charge in [-0.3, -0.25) is 0 Å². The van der Waals surface area contributed by atoms with Crippen molar-refractivity contribution in [2.75, 3.05) is 18.0 Å². The molecule has 3 aromatic carbocycles. The molecule has 0 radical (unpaired) electrons. The predicted octanol–water partition coefficient (Wildman–Crippen LogP) is 6.45. The summed E-state index contributed by atoms with van der Waals surface area (Å²) >= 11 is 0. The molecule has 1 heteroatoms. The second-order valence-electron chi connectivity index (χ2n) is 7.14. The summed E-state index contributed by atoms with van der Waals surface area (Å²) in [5.41, 5.74) is 5.80. The number of aryl methyl sites for hydroxylation is 1. The summed E-state index contributed by atoms with van der Waals surface area (Å²) in [5, 5.41) is 2.79. The highest BCUT2D eigenvalue weighted by Crippen LogP contribution is 2.42. The van der Waals surface area contributed by atoms with E-state index in [0.717, 1.165) is 6.42 Å². The molecule has 1 saturated heterocycles. The molecule has 3 aromatic rings. The summed E-state index contributed by atoms with van der Waals surface area (Å²) in [6.07, 6.45) is 6.26. The number of unbranched alkanes of at least 4 members (excludes halogenated alkanes) is 1. The Hall–Kier alpha value is -2.28. The summed E-state index contributed by atoms with van der Waals surface area (Å²) < 4.78 is 0. The molecule has 1 nitrogen and oxygen atoms in total. The van der Waals surface area contributed by atoms with Gasteiger partial charge in [0.1, 0.15) is 0 Å². The minimum Gasteiger partial charge on any atom is -0.371 e. The number of rotatable bonds is 5. The zero-order chi connectivity index (χ0) is 17.1. The van der Waals surface area contributed by atoms with Crippen molar-refractivity contribution in [2.45, 2.75) is 39.0 Å². The molecule has 1 fully saturated rings. The third-order valence-corrected chi connectivity index (χ3v) is 5.39. The summed E-state index contributed by atoms with van der Waals surface area (Å²) in [5.74, 6) is 0. The number of hydrogen-bond donors (Lipinski definition) is 0. The molecule has 0 aliphatic carbocycles. The standard InChI is InChI=1S/C24H27N/c1-2-3-11-21-18-20-14-7-8-15-22(20)24(25-16-9-10-17-25)23(21)19-12-5-4-6-13-19/h4-8,12-15,18H,2-3,9-11,16-17H2,1H3. The molecule has 0 aromatic heterocycles. The Morgan fingerprint density at radius 2 is 1.60 bits per heavy atom. The van der Waals surface area contributed by atoms with Gasteiger partial charge in [0.2, 0.25) is 0 Å². The zero-order valence-corrected chi connectivity index (χ0v) is 15.2. The van der Waals surface area contributed by atoms with Gasteiger partial charge in [-0.05, 0) is 42.2 Å². The lowest BCUT2D eigenvalue weighted by molar-refractivity contribution is 0.796. The lowest BCUT2D eigenvalue weighted by Gasteiger charge is -2.26. The van der Waals surface area contributed by atoms with Gasteiger partial charge in [-0.15, -0.1) is 0 Å². The lowest BCUT2D eigenvalue weighted by Crippen LogP contribution is -2.19. The van der Waals surface area contributed by atoms with Crippen molar-refractivity contribution in [2.24, 2.45) is 0 Å². The van der Waals surface area contributed by atoms with Crippen molar-refractivity contribution in [3.05, 3.63) is 66.2 Å². The second kappa shape index (κ2) is 7.31. The molecule has 0 saturated carbocycles. The van der Waals surface area contributed by atoms with Gasteiger partial charge in [-0.25, -0.2) is 0 Å². The summed E-state index contributed by atoms with van der Waals surface area (Å²) in [6.45, 7) is 4.65. The molecule has 0 spiro atoms. The van der Waals surface area contributed by atoms with Crippen LogP contribution in [-0.2, 0) is 6.42 Å². The Kier molecular flexibility index (Phi) is 4.74. The molecule has 4 rings (SSSR count). The Labute approximate surface area is 151 Å². The fourth-order valence-electron chi connectivity index (χ4n) is 4.15. The minimum absolute atomic E-state index is 1.16. The molecule has 128 valence electrons. The molecule has 1 aliphatic heterocycles. The average molecular weight is 329 g/mol. The van der Waals surface area contributed by atoms with Gasteiger partial charge >= 0.3 is 0 Å². The van der Waals surface area contributed by atoms with E-state index in [1.807, 2.05) is 0 Å². The van der Waals surface area contributed by atoms with E-state index >= 15 is 0 Å². The Balaban J connectivity index is 2.01. The van der Waals surface area contributed by atoms with E-state index in [0.29, 0.717) is 0 Å². The Morgan fingerprint density at radius 3 is 2.36 bits per heavy atom. The summed E-state index contributed by atoms with van der Waals surface area (Å²) in [7, 11) is 0. The van der Waals surface area contributed by atoms with Crippen LogP contribution in [-0.4, -0.2) is 13.1 Å². The van der Waals surface area contributed by atoms with Crippen molar-refractivity contribution in [1.82, 2.24) is 0 Å². The number of fused-ring (bicyclic) bond motifs is 1. The molecular weight excluding hydrogens is 302 g/mol. The smallest absolute Gasteiger partial charge is 0.0528 e. The largest absolute Gasteiger partial charge is 0.371 e. The van der Waals surface area contributed by atoms with Crippen LogP contribution in [0.25, 0.3) is 21.9 Å². The Morgan fingerprint density at radius 1 is 0.880 bits per heavy atom. The maximum Gasteiger partial charge on any atom is 0.0528 e. The van der Waals surface area contributed by atoms with Crippen LogP contribution < -0.4 is 4.90 Å². The van der Waals surface area contributed by atoms with Crippen molar-refractivity contribution < 1.29 is 0 Å². The molecular formula is C24H27N. The predicted molar refractivity (Wildman–Crippen MR) is 109 cm³/mol. The van der Waals surface area contributed by atoms with Crippen LogP contribution in [0.5, 0.6) is 0 Å². The van der Waals surface area contributed by atoms with Gasteiger partial charge in [-0.2, -0.15) is 0 Å². The first-order valence-electron chi connectivity index (χ1n) is 9.73. The third-order valence-electron chi connectivity index (χ3n) is 5.39. The van der Waals surface area contributed by atoms with Gasteiger partial charge in [0, 0.05) is 24.0 Å². The molecule has 25 heavy (non-hydrogen) atoms. The number of benzene rings is 3. The molecule has 0 N–H and O–H groups in total. The van der Waals surface area contributed by atoms with Crippen LogP contribution in [0, 0.1) is 0 Å².